The van der Waals surface area contributed by atoms with Gasteiger partial charge in [-0.25, -0.2) is 4.79 Å². The minimum absolute atomic E-state index is 0.0559. The van der Waals surface area contributed by atoms with Gasteiger partial charge in [-0.05, 0) is 55.7 Å². The molecule has 1 aromatic carbocycles. The van der Waals surface area contributed by atoms with Crippen LogP contribution in [0.4, 0.5) is 0 Å². The van der Waals surface area contributed by atoms with Gasteiger partial charge in [-0.3, -0.25) is 0 Å². The van der Waals surface area contributed by atoms with Gasteiger partial charge in [0.15, 0.2) is 0 Å². The van der Waals surface area contributed by atoms with Crippen molar-refractivity contribution in [1.29, 1.82) is 0 Å². The predicted molar refractivity (Wildman–Crippen MR) is 78.4 cm³/mol. The van der Waals surface area contributed by atoms with E-state index in [-0.39, 0.29) is 5.41 Å². The summed E-state index contributed by atoms with van der Waals surface area (Å²) in [5.41, 5.74) is 5.08. The first-order chi connectivity index (χ1) is 8.83. The van der Waals surface area contributed by atoms with E-state index in [0.29, 0.717) is 5.56 Å². The van der Waals surface area contributed by atoms with Crippen LogP contribution in [0.3, 0.4) is 0 Å². The topological polar surface area (TPSA) is 37.3 Å². The highest BCUT2D eigenvalue weighted by Crippen LogP contribution is 2.46. The number of hydrogen-bond acceptors (Lipinski definition) is 1. The number of carboxylic acids is 1. The van der Waals surface area contributed by atoms with Crippen molar-refractivity contribution < 1.29 is 9.90 Å². The van der Waals surface area contributed by atoms with E-state index in [4.69, 9.17) is 0 Å². The van der Waals surface area contributed by atoms with Crippen molar-refractivity contribution >= 4 is 11.5 Å². The molecule has 102 valence electrons. The fourth-order valence-corrected chi connectivity index (χ4v) is 3.27. The largest absolute Gasteiger partial charge is 0.478 e. The van der Waals surface area contributed by atoms with Gasteiger partial charge in [-0.1, -0.05) is 37.1 Å². The van der Waals surface area contributed by atoms with E-state index in [2.05, 4.69) is 20.8 Å². The Morgan fingerprint density at radius 3 is 2.53 bits per heavy atom. The number of allylic oxidation sites excluding steroid dienone is 2. The van der Waals surface area contributed by atoms with Crippen molar-refractivity contribution in [3.05, 3.63) is 40.5 Å². The van der Waals surface area contributed by atoms with Crippen LogP contribution in [0.15, 0.2) is 23.8 Å². The highest BCUT2D eigenvalue weighted by atomic mass is 16.4. The molecule has 2 nitrogen and oxygen atoms in total. The van der Waals surface area contributed by atoms with E-state index < -0.39 is 5.97 Å². The number of aryl methyl sites for hydroxylation is 1. The molecule has 0 fully saturated rings. The maximum absolute atomic E-state index is 11.5. The zero-order valence-corrected chi connectivity index (χ0v) is 12.2. The van der Waals surface area contributed by atoms with E-state index in [1.54, 1.807) is 6.07 Å². The monoisotopic (exact) mass is 258 g/mol. The van der Waals surface area contributed by atoms with Gasteiger partial charge in [-0.15, -0.1) is 0 Å². The lowest BCUT2D eigenvalue weighted by Gasteiger charge is -2.35. The molecule has 0 saturated carbocycles. The quantitative estimate of drug-likeness (QED) is 0.836. The lowest BCUT2D eigenvalue weighted by atomic mass is 9.69. The lowest BCUT2D eigenvalue weighted by Crippen LogP contribution is -2.21. The van der Waals surface area contributed by atoms with Crippen molar-refractivity contribution in [2.75, 3.05) is 0 Å². The predicted octanol–water partition coefficient (Wildman–Crippen LogP) is 4.68. The molecule has 2 heteroatoms. The van der Waals surface area contributed by atoms with Gasteiger partial charge >= 0.3 is 5.97 Å². The molecule has 2 rings (SSSR count). The Morgan fingerprint density at radius 1 is 1.26 bits per heavy atom. The van der Waals surface area contributed by atoms with Crippen molar-refractivity contribution in [3.8, 4) is 0 Å². The number of benzene rings is 1. The third kappa shape index (κ3) is 2.58. The van der Waals surface area contributed by atoms with Crippen LogP contribution >= 0.6 is 0 Å². The highest BCUT2D eigenvalue weighted by Gasteiger charge is 2.31. The fraction of sp³-hybridized carbons (Fsp3) is 0.471. The van der Waals surface area contributed by atoms with E-state index >= 15 is 0 Å². The van der Waals surface area contributed by atoms with Crippen LogP contribution in [0.2, 0.25) is 0 Å². The first-order valence-electron chi connectivity index (χ1n) is 6.87. The van der Waals surface area contributed by atoms with E-state index in [9.17, 15) is 9.90 Å². The van der Waals surface area contributed by atoms with Gasteiger partial charge in [0.05, 0.1) is 5.56 Å². The third-order valence-corrected chi connectivity index (χ3v) is 4.13. The summed E-state index contributed by atoms with van der Waals surface area (Å²) in [6.07, 6.45) is 3.38. The Hall–Kier alpha value is -1.57. The van der Waals surface area contributed by atoms with Gasteiger partial charge in [0.1, 0.15) is 0 Å². The molecule has 0 atom stereocenters. The van der Waals surface area contributed by atoms with Gasteiger partial charge in [0.25, 0.3) is 0 Å². The molecular weight excluding hydrogens is 236 g/mol. The molecule has 19 heavy (non-hydrogen) atoms. The Kier molecular flexibility index (Phi) is 3.53. The second-order valence-corrected chi connectivity index (χ2v) is 6.25. The Morgan fingerprint density at radius 2 is 1.95 bits per heavy atom. The van der Waals surface area contributed by atoms with Gasteiger partial charge < -0.3 is 5.11 Å². The summed E-state index contributed by atoms with van der Waals surface area (Å²) < 4.78 is 0. The fourth-order valence-electron chi connectivity index (χ4n) is 3.27. The smallest absolute Gasteiger partial charge is 0.336 e. The van der Waals surface area contributed by atoms with Crippen molar-refractivity contribution in [2.45, 2.75) is 47.0 Å². The van der Waals surface area contributed by atoms with Crippen LogP contribution in [-0.2, 0) is 0 Å². The van der Waals surface area contributed by atoms with Crippen LogP contribution in [0.5, 0.6) is 0 Å². The van der Waals surface area contributed by atoms with E-state index in [1.807, 2.05) is 19.1 Å². The van der Waals surface area contributed by atoms with Gasteiger partial charge in [0, 0.05) is 0 Å². The van der Waals surface area contributed by atoms with Crippen LogP contribution in [0.25, 0.3) is 5.57 Å². The molecule has 0 amide bonds. The van der Waals surface area contributed by atoms with Crippen LogP contribution in [-0.4, -0.2) is 11.1 Å². The molecule has 1 aromatic rings. The number of hydrogen-bond donors (Lipinski definition) is 1. The SMILES string of the molecule is CC1=C(c2cc(C)ccc2C(=O)O)C(C)(C)CCC1. The molecule has 0 aromatic heterocycles. The summed E-state index contributed by atoms with van der Waals surface area (Å²) in [6, 6.07) is 5.63. The minimum atomic E-state index is -0.836. The molecule has 0 aliphatic heterocycles. The number of aromatic carboxylic acids is 1. The minimum Gasteiger partial charge on any atom is -0.478 e. The van der Waals surface area contributed by atoms with Gasteiger partial charge in [0.2, 0.25) is 0 Å². The summed E-state index contributed by atoms with van der Waals surface area (Å²) in [4.78, 5) is 11.5. The Labute approximate surface area is 115 Å². The summed E-state index contributed by atoms with van der Waals surface area (Å²) in [7, 11) is 0. The molecule has 1 aliphatic carbocycles. The first kappa shape index (κ1) is 13.9. The summed E-state index contributed by atoms with van der Waals surface area (Å²) >= 11 is 0. The molecular formula is C17H22O2. The molecule has 0 bridgehead atoms. The standard InChI is InChI=1S/C17H22O2/c1-11-7-8-13(16(18)19)14(10-11)15-12(2)6-5-9-17(15,3)4/h7-8,10H,5-6,9H2,1-4H3,(H,18,19). The highest BCUT2D eigenvalue weighted by molar-refractivity contribution is 5.95. The van der Waals surface area contributed by atoms with Crippen molar-refractivity contribution in [1.82, 2.24) is 0 Å². The Bertz CT molecular complexity index is 550. The molecule has 0 spiro atoms. The average molecular weight is 258 g/mol. The second kappa shape index (κ2) is 4.84. The molecule has 1 aliphatic rings. The Balaban J connectivity index is 2.69. The molecule has 0 unspecified atom stereocenters. The van der Waals surface area contributed by atoms with Crippen molar-refractivity contribution in [2.24, 2.45) is 5.41 Å². The third-order valence-electron chi connectivity index (χ3n) is 4.13. The average Bonchev–Trinajstić information content (AvgIpc) is 2.27. The maximum Gasteiger partial charge on any atom is 0.336 e. The number of carbonyl (C=O) groups is 1. The van der Waals surface area contributed by atoms with Crippen LogP contribution in [0.1, 0.15) is 61.5 Å². The molecule has 1 N–H and O–H groups in total. The lowest BCUT2D eigenvalue weighted by molar-refractivity contribution is 0.0696. The summed E-state index contributed by atoms with van der Waals surface area (Å²) in [5.74, 6) is -0.836. The zero-order chi connectivity index (χ0) is 14.2. The molecule has 0 radical (unpaired) electrons. The molecule has 0 saturated heterocycles. The van der Waals surface area contributed by atoms with E-state index in [0.717, 1.165) is 24.0 Å². The number of carboxylic acid groups (broad SMARTS) is 1. The number of rotatable bonds is 2. The summed E-state index contributed by atoms with van der Waals surface area (Å²) in [6.45, 7) is 8.60. The maximum atomic E-state index is 11.5. The van der Waals surface area contributed by atoms with Crippen LogP contribution in [0, 0.1) is 12.3 Å². The van der Waals surface area contributed by atoms with Gasteiger partial charge in [-0.2, -0.15) is 0 Å². The van der Waals surface area contributed by atoms with E-state index in [1.165, 1.54) is 17.6 Å². The second-order valence-electron chi connectivity index (χ2n) is 6.25. The first-order valence-corrected chi connectivity index (χ1v) is 6.87. The van der Waals surface area contributed by atoms with Crippen LogP contribution < -0.4 is 0 Å². The molecule has 0 heterocycles. The van der Waals surface area contributed by atoms with Crippen molar-refractivity contribution in [3.63, 3.8) is 0 Å². The summed E-state index contributed by atoms with van der Waals surface area (Å²) in [5, 5.41) is 9.42. The normalized spacial score (nSPS) is 18.5. The zero-order valence-electron chi connectivity index (χ0n) is 12.2.